The van der Waals surface area contributed by atoms with Gasteiger partial charge in [0.2, 0.25) is 0 Å². The topological polar surface area (TPSA) is 9.23 Å². The van der Waals surface area contributed by atoms with E-state index < -0.39 is 0 Å². The second kappa shape index (κ2) is 4.76. The van der Waals surface area contributed by atoms with Crippen molar-refractivity contribution in [3.05, 3.63) is 0 Å². The van der Waals surface area contributed by atoms with Gasteiger partial charge in [0.25, 0.3) is 0 Å². The Morgan fingerprint density at radius 3 is 2.00 bits per heavy atom. The number of hydrogen-bond donors (Lipinski definition) is 0. The summed E-state index contributed by atoms with van der Waals surface area (Å²) in [6.45, 7) is 12.8. The fraction of sp³-hybridized carbons (Fsp3) is 1.00. The highest BCUT2D eigenvalue weighted by molar-refractivity contribution is 4.80. The molecule has 0 saturated carbocycles. The molecule has 11 heavy (non-hydrogen) atoms. The van der Waals surface area contributed by atoms with Crippen molar-refractivity contribution < 1.29 is 4.74 Å². The average molecular weight is 158 g/mol. The first-order chi connectivity index (χ1) is 5.15. The Bertz CT molecular complexity index is 91.0. The molecule has 0 bridgehead atoms. The second-order valence-corrected chi connectivity index (χ2v) is 3.61. The molecule has 1 nitrogen and oxygen atoms in total. The largest absolute Gasteiger partial charge is 0.381 e. The van der Waals surface area contributed by atoms with E-state index in [1.807, 2.05) is 13.8 Å². The van der Waals surface area contributed by atoms with Crippen molar-refractivity contribution >= 4 is 0 Å². The van der Waals surface area contributed by atoms with Crippen molar-refractivity contribution in [3.63, 3.8) is 0 Å². The van der Waals surface area contributed by atoms with Crippen LogP contribution in [0.5, 0.6) is 0 Å². The summed E-state index contributed by atoms with van der Waals surface area (Å²) in [5.74, 6) is 0.764. The maximum Gasteiger partial charge on any atom is 0.0523 e. The van der Waals surface area contributed by atoms with Crippen molar-refractivity contribution in [1.29, 1.82) is 0 Å². The van der Waals surface area contributed by atoms with Crippen LogP contribution >= 0.6 is 0 Å². The molecule has 1 fully saturated rings. The lowest BCUT2D eigenvalue weighted by Gasteiger charge is -2.25. The van der Waals surface area contributed by atoms with Crippen LogP contribution in [0.3, 0.4) is 0 Å². The second-order valence-electron chi connectivity index (χ2n) is 3.61. The minimum atomic E-state index is 0.472. The molecule has 0 aromatic rings. The normalized spacial score (nSPS) is 30.0. The average Bonchev–Trinajstić information content (AvgIpc) is 2.42. The van der Waals surface area contributed by atoms with E-state index in [0.29, 0.717) is 5.41 Å². The first-order valence-electron chi connectivity index (χ1n) is 4.73. The molecule has 0 spiro atoms. The summed E-state index contributed by atoms with van der Waals surface area (Å²) in [4.78, 5) is 0. The van der Waals surface area contributed by atoms with Gasteiger partial charge in [0, 0.05) is 6.61 Å². The van der Waals surface area contributed by atoms with Gasteiger partial charge in [-0.1, -0.05) is 34.6 Å². The zero-order chi connectivity index (χ0) is 8.91. The molecule has 0 aliphatic carbocycles. The van der Waals surface area contributed by atoms with E-state index >= 15 is 0 Å². The van der Waals surface area contributed by atoms with Crippen LogP contribution in [-0.4, -0.2) is 13.2 Å². The zero-order valence-corrected chi connectivity index (χ0v) is 8.61. The van der Waals surface area contributed by atoms with Crippen LogP contribution in [0.4, 0.5) is 0 Å². The summed E-state index contributed by atoms with van der Waals surface area (Å²) in [5, 5.41) is 0. The van der Waals surface area contributed by atoms with Gasteiger partial charge in [-0.15, -0.1) is 0 Å². The Labute approximate surface area is 71.1 Å². The molecular weight excluding hydrogens is 136 g/mol. The van der Waals surface area contributed by atoms with Crippen molar-refractivity contribution in [1.82, 2.24) is 0 Å². The maximum atomic E-state index is 5.32. The summed E-state index contributed by atoms with van der Waals surface area (Å²) in [5.41, 5.74) is 0.472. The SMILES string of the molecule is CC.CC(C)C1(C)CCOC1. The molecule has 1 aliphatic heterocycles. The molecule has 1 unspecified atom stereocenters. The Kier molecular flexibility index (Phi) is 4.74. The lowest BCUT2D eigenvalue weighted by Crippen LogP contribution is -2.22. The molecule has 0 radical (unpaired) electrons. The Morgan fingerprint density at radius 2 is 1.82 bits per heavy atom. The highest BCUT2D eigenvalue weighted by atomic mass is 16.5. The lowest BCUT2D eigenvalue weighted by atomic mass is 9.79. The van der Waals surface area contributed by atoms with Crippen molar-refractivity contribution in [2.75, 3.05) is 13.2 Å². The summed E-state index contributed by atoms with van der Waals surface area (Å²) < 4.78 is 5.32. The van der Waals surface area contributed by atoms with Gasteiger partial charge in [-0.3, -0.25) is 0 Å². The highest BCUT2D eigenvalue weighted by Crippen LogP contribution is 2.35. The minimum absolute atomic E-state index is 0.472. The Morgan fingerprint density at radius 1 is 1.27 bits per heavy atom. The molecule has 0 aromatic heterocycles. The molecule has 1 atom stereocenters. The third kappa shape index (κ3) is 2.82. The van der Waals surface area contributed by atoms with Gasteiger partial charge in [-0.2, -0.15) is 0 Å². The molecule has 1 rings (SSSR count). The van der Waals surface area contributed by atoms with E-state index in [4.69, 9.17) is 4.74 Å². The Balaban J connectivity index is 0.000000461. The molecule has 1 aliphatic rings. The minimum Gasteiger partial charge on any atom is -0.381 e. The van der Waals surface area contributed by atoms with E-state index in [9.17, 15) is 0 Å². The monoisotopic (exact) mass is 158 g/mol. The fourth-order valence-corrected chi connectivity index (χ4v) is 1.14. The lowest BCUT2D eigenvalue weighted by molar-refractivity contribution is 0.133. The van der Waals surface area contributed by atoms with E-state index in [1.54, 1.807) is 0 Å². The number of rotatable bonds is 1. The summed E-state index contributed by atoms with van der Waals surface area (Å²) >= 11 is 0. The third-order valence-electron chi connectivity index (χ3n) is 2.64. The molecule has 1 heteroatoms. The third-order valence-corrected chi connectivity index (χ3v) is 2.64. The molecule has 68 valence electrons. The molecule has 0 amide bonds. The molecule has 0 N–H and O–H groups in total. The predicted octanol–water partition coefficient (Wildman–Crippen LogP) is 3.10. The molecule has 0 aromatic carbocycles. The zero-order valence-electron chi connectivity index (χ0n) is 8.61. The van der Waals surface area contributed by atoms with E-state index in [0.717, 1.165) is 19.1 Å². The van der Waals surface area contributed by atoms with Gasteiger partial charge in [0.1, 0.15) is 0 Å². The van der Waals surface area contributed by atoms with Crippen LogP contribution in [0.15, 0.2) is 0 Å². The quantitative estimate of drug-likeness (QED) is 0.570. The van der Waals surface area contributed by atoms with Crippen molar-refractivity contribution in [2.45, 2.75) is 41.0 Å². The van der Waals surface area contributed by atoms with Gasteiger partial charge in [0.15, 0.2) is 0 Å². The first kappa shape index (κ1) is 11.0. The van der Waals surface area contributed by atoms with E-state index in [-0.39, 0.29) is 0 Å². The van der Waals surface area contributed by atoms with Crippen LogP contribution < -0.4 is 0 Å². The molecule has 1 heterocycles. The summed E-state index contributed by atoms with van der Waals surface area (Å²) in [6.07, 6.45) is 1.24. The molecule has 1 saturated heterocycles. The van der Waals surface area contributed by atoms with Gasteiger partial charge in [-0.25, -0.2) is 0 Å². The van der Waals surface area contributed by atoms with Crippen LogP contribution in [0, 0.1) is 11.3 Å². The number of hydrogen-bond acceptors (Lipinski definition) is 1. The van der Waals surface area contributed by atoms with Crippen LogP contribution in [0.1, 0.15) is 41.0 Å². The van der Waals surface area contributed by atoms with Gasteiger partial charge < -0.3 is 4.74 Å². The number of ether oxygens (including phenoxy) is 1. The standard InChI is InChI=1S/C8H16O.C2H6/c1-7(2)8(3)4-5-9-6-8;1-2/h7H,4-6H2,1-3H3;1-2H3. The summed E-state index contributed by atoms with van der Waals surface area (Å²) in [6, 6.07) is 0. The van der Waals surface area contributed by atoms with Gasteiger partial charge in [-0.05, 0) is 17.8 Å². The van der Waals surface area contributed by atoms with Gasteiger partial charge >= 0.3 is 0 Å². The van der Waals surface area contributed by atoms with Crippen LogP contribution in [0.25, 0.3) is 0 Å². The van der Waals surface area contributed by atoms with Crippen LogP contribution in [-0.2, 0) is 4.74 Å². The van der Waals surface area contributed by atoms with Crippen molar-refractivity contribution in [2.24, 2.45) is 11.3 Å². The Hall–Kier alpha value is -0.0400. The highest BCUT2D eigenvalue weighted by Gasteiger charge is 2.32. The molecular formula is C10H22O. The first-order valence-corrected chi connectivity index (χ1v) is 4.73. The predicted molar refractivity (Wildman–Crippen MR) is 49.7 cm³/mol. The fourth-order valence-electron chi connectivity index (χ4n) is 1.14. The smallest absolute Gasteiger partial charge is 0.0523 e. The van der Waals surface area contributed by atoms with E-state index in [1.165, 1.54) is 6.42 Å². The van der Waals surface area contributed by atoms with E-state index in [2.05, 4.69) is 20.8 Å². The maximum absolute atomic E-state index is 5.32. The van der Waals surface area contributed by atoms with Gasteiger partial charge in [0.05, 0.1) is 6.61 Å². The summed E-state index contributed by atoms with van der Waals surface area (Å²) in [7, 11) is 0. The van der Waals surface area contributed by atoms with Crippen LogP contribution in [0.2, 0.25) is 0 Å². The van der Waals surface area contributed by atoms with Crippen molar-refractivity contribution in [3.8, 4) is 0 Å².